The van der Waals surface area contributed by atoms with Gasteiger partial charge in [-0.1, -0.05) is 12.1 Å². The van der Waals surface area contributed by atoms with Crippen molar-refractivity contribution in [3.63, 3.8) is 0 Å². The highest BCUT2D eigenvalue weighted by Gasteiger charge is 2.30. The number of ether oxygens (including phenoxy) is 2. The maximum Gasteiger partial charge on any atom is 0.422 e. The predicted molar refractivity (Wildman–Crippen MR) is 96.1 cm³/mol. The maximum atomic E-state index is 12.7. The summed E-state index contributed by atoms with van der Waals surface area (Å²) in [5, 5.41) is 0. The molecule has 0 aliphatic rings. The topological polar surface area (TPSA) is 59.6 Å². The molecule has 5 nitrogen and oxygen atoms in total. The zero-order valence-electron chi connectivity index (χ0n) is 15.7. The Balaban J connectivity index is 1.88. The van der Waals surface area contributed by atoms with Crippen molar-refractivity contribution < 1.29 is 40.6 Å². The van der Waals surface area contributed by atoms with Gasteiger partial charge in [0.15, 0.2) is 18.1 Å². The lowest BCUT2D eigenvalue weighted by molar-refractivity contribution is -0.153. The minimum Gasteiger partial charge on any atom is -0.493 e. The van der Waals surface area contributed by atoms with Crippen molar-refractivity contribution >= 4 is 11.6 Å². The van der Waals surface area contributed by atoms with Crippen LogP contribution in [0, 0.1) is 0 Å². The summed E-state index contributed by atoms with van der Waals surface area (Å²) in [6.07, 6.45) is -8.81. The number of amides is 1. The Hall–Kier alpha value is -3.11. The van der Waals surface area contributed by atoms with E-state index in [4.69, 9.17) is 4.74 Å². The predicted octanol–water partition coefficient (Wildman–Crippen LogP) is 4.73. The van der Waals surface area contributed by atoms with Gasteiger partial charge in [-0.05, 0) is 42.3 Å². The van der Waals surface area contributed by atoms with E-state index >= 15 is 0 Å². The molecule has 0 heterocycles. The van der Waals surface area contributed by atoms with Gasteiger partial charge in [0.2, 0.25) is 5.91 Å². The summed E-state index contributed by atoms with van der Waals surface area (Å²) in [5.74, 6) is -0.503. The van der Waals surface area contributed by atoms with Crippen LogP contribution in [-0.4, -0.2) is 25.8 Å². The van der Waals surface area contributed by atoms with E-state index < -0.39 is 30.4 Å². The Morgan fingerprint density at radius 2 is 1.73 bits per heavy atom. The molecule has 0 atom stereocenters. The number of carbonyl (C=O) groups excluding carboxylic acids is 1. The van der Waals surface area contributed by atoms with Crippen LogP contribution in [0.15, 0.2) is 42.5 Å². The van der Waals surface area contributed by atoms with Crippen molar-refractivity contribution in [2.24, 2.45) is 0 Å². The number of methoxy groups -OCH3 is 1. The molecule has 0 unspecified atom stereocenters. The normalized spacial score (nSPS) is 11.7. The molecule has 164 valence electrons. The summed E-state index contributed by atoms with van der Waals surface area (Å²) in [5.41, 5.74) is 4.49. The highest BCUT2D eigenvalue weighted by Crippen LogP contribution is 2.31. The second-order valence-corrected chi connectivity index (χ2v) is 6.14. The van der Waals surface area contributed by atoms with Crippen LogP contribution in [0.2, 0.25) is 0 Å². The van der Waals surface area contributed by atoms with Gasteiger partial charge in [-0.3, -0.25) is 15.6 Å². The molecule has 0 bridgehead atoms. The van der Waals surface area contributed by atoms with Gasteiger partial charge in [0.05, 0.1) is 18.4 Å². The van der Waals surface area contributed by atoms with E-state index in [2.05, 4.69) is 15.6 Å². The van der Waals surface area contributed by atoms with Crippen LogP contribution < -0.4 is 20.3 Å². The molecule has 0 spiro atoms. The van der Waals surface area contributed by atoms with Gasteiger partial charge >= 0.3 is 12.4 Å². The van der Waals surface area contributed by atoms with Crippen LogP contribution >= 0.6 is 0 Å². The van der Waals surface area contributed by atoms with Crippen molar-refractivity contribution in [3.05, 3.63) is 53.6 Å². The molecule has 0 saturated heterocycles. The first-order valence-corrected chi connectivity index (χ1v) is 8.56. The van der Waals surface area contributed by atoms with Crippen molar-refractivity contribution in [3.8, 4) is 11.5 Å². The minimum atomic E-state index is -4.50. The number of hydrazine groups is 1. The van der Waals surface area contributed by atoms with E-state index in [1.807, 2.05) is 0 Å². The average molecular weight is 436 g/mol. The first-order valence-electron chi connectivity index (χ1n) is 8.56. The van der Waals surface area contributed by atoms with Gasteiger partial charge in [-0.15, -0.1) is 0 Å². The number of benzene rings is 2. The number of halogens is 6. The van der Waals surface area contributed by atoms with Crippen molar-refractivity contribution in [1.82, 2.24) is 5.43 Å². The number of nitrogens with one attached hydrogen (secondary N) is 2. The molecule has 0 fully saturated rings. The van der Waals surface area contributed by atoms with Crippen LogP contribution in [-0.2, 0) is 17.4 Å². The number of carbonyl (C=O) groups is 1. The molecular weight excluding hydrogens is 418 g/mol. The first kappa shape index (κ1) is 23.2. The third-order valence-electron chi connectivity index (χ3n) is 3.80. The highest BCUT2D eigenvalue weighted by atomic mass is 19.4. The lowest BCUT2D eigenvalue weighted by atomic mass is 10.1. The smallest absolute Gasteiger partial charge is 0.422 e. The van der Waals surface area contributed by atoms with Crippen molar-refractivity contribution in [2.45, 2.75) is 25.2 Å². The Kier molecular flexibility index (Phi) is 7.41. The Morgan fingerprint density at radius 1 is 1.00 bits per heavy atom. The molecule has 1 amide bonds. The lowest BCUT2D eigenvalue weighted by Crippen LogP contribution is -2.29. The molecule has 0 saturated carbocycles. The third-order valence-corrected chi connectivity index (χ3v) is 3.80. The summed E-state index contributed by atoms with van der Waals surface area (Å²) < 4.78 is 84.5. The molecular formula is C19H18F6N2O3. The number of hydrogen-bond acceptors (Lipinski definition) is 4. The molecule has 11 heteroatoms. The van der Waals surface area contributed by atoms with E-state index in [0.717, 1.165) is 12.1 Å². The molecule has 2 aromatic rings. The number of alkyl halides is 6. The number of aryl methyl sites for hydroxylation is 1. The maximum absolute atomic E-state index is 12.7. The lowest BCUT2D eigenvalue weighted by Gasteiger charge is -2.14. The monoisotopic (exact) mass is 436 g/mol. The molecule has 30 heavy (non-hydrogen) atoms. The second-order valence-electron chi connectivity index (χ2n) is 6.14. The molecule has 0 aliphatic heterocycles. The summed E-state index contributed by atoms with van der Waals surface area (Å²) in [7, 11) is 1.27. The summed E-state index contributed by atoms with van der Waals surface area (Å²) in [6.45, 7) is -1.47. The minimum absolute atomic E-state index is 0.0299. The van der Waals surface area contributed by atoms with Gasteiger partial charge in [0.1, 0.15) is 0 Å². The fraction of sp³-hybridized carbons (Fsp3) is 0.316. The zero-order chi connectivity index (χ0) is 22.4. The van der Waals surface area contributed by atoms with Crippen LogP contribution in [0.1, 0.15) is 17.5 Å². The number of rotatable bonds is 8. The summed E-state index contributed by atoms with van der Waals surface area (Å²) >= 11 is 0. The standard InChI is InChI=1S/C19H18F6N2O3/c1-29-16-9-12(5-7-15(16)30-11-18(20,21)22)6-8-17(28)27-26-14-4-2-3-13(10-14)19(23,24)25/h2-5,7,9-10,26H,6,8,11H2,1H3,(H,27,28). The van der Waals surface area contributed by atoms with Gasteiger partial charge in [0.25, 0.3) is 0 Å². The first-order chi connectivity index (χ1) is 14.0. The third kappa shape index (κ3) is 7.37. The molecule has 2 N–H and O–H groups in total. The fourth-order valence-corrected chi connectivity index (χ4v) is 2.38. The van der Waals surface area contributed by atoms with Crippen LogP contribution in [0.4, 0.5) is 32.0 Å². The second kappa shape index (κ2) is 9.59. The molecule has 0 radical (unpaired) electrons. The van der Waals surface area contributed by atoms with Gasteiger partial charge in [-0.25, -0.2) is 0 Å². The van der Waals surface area contributed by atoms with E-state index in [-0.39, 0.29) is 30.0 Å². The van der Waals surface area contributed by atoms with E-state index in [9.17, 15) is 31.1 Å². The van der Waals surface area contributed by atoms with Gasteiger partial charge < -0.3 is 9.47 Å². The fourth-order valence-electron chi connectivity index (χ4n) is 2.38. The van der Waals surface area contributed by atoms with Crippen LogP contribution in [0.3, 0.4) is 0 Å². The average Bonchev–Trinajstić information content (AvgIpc) is 2.68. The van der Waals surface area contributed by atoms with E-state index in [1.54, 1.807) is 0 Å². The number of anilines is 1. The van der Waals surface area contributed by atoms with Crippen molar-refractivity contribution in [2.75, 3.05) is 19.1 Å². The van der Waals surface area contributed by atoms with Gasteiger partial charge in [-0.2, -0.15) is 26.3 Å². The van der Waals surface area contributed by atoms with Crippen LogP contribution in [0.5, 0.6) is 11.5 Å². The van der Waals surface area contributed by atoms with E-state index in [0.29, 0.717) is 5.56 Å². The highest BCUT2D eigenvalue weighted by molar-refractivity contribution is 5.77. The van der Waals surface area contributed by atoms with Crippen LogP contribution in [0.25, 0.3) is 0 Å². The van der Waals surface area contributed by atoms with Gasteiger partial charge in [0, 0.05) is 6.42 Å². The molecule has 2 rings (SSSR count). The molecule has 2 aromatic carbocycles. The Labute approximate surface area is 167 Å². The summed E-state index contributed by atoms with van der Waals surface area (Å²) in [4.78, 5) is 11.9. The molecule has 0 aliphatic carbocycles. The Morgan fingerprint density at radius 3 is 2.37 bits per heavy atom. The summed E-state index contributed by atoms with van der Waals surface area (Å²) in [6, 6.07) is 8.55. The Bertz CT molecular complexity index is 868. The number of hydrogen-bond donors (Lipinski definition) is 2. The SMILES string of the molecule is COc1cc(CCC(=O)NNc2cccc(C(F)(F)F)c2)ccc1OCC(F)(F)F. The quantitative estimate of drug-likeness (QED) is 0.464. The van der Waals surface area contributed by atoms with E-state index in [1.165, 1.54) is 37.4 Å². The molecule has 0 aromatic heterocycles. The zero-order valence-corrected chi connectivity index (χ0v) is 15.7. The van der Waals surface area contributed by atoms with Crippen molar-refractivity contribution in [1.29, 1.82) is 0 Å². The largest absolute Gasteiger partial charge is 0.493 e.